The number of carbonyl (C=O) groups is 1. The van der Waals surface area contributed by atoms with Crippen molar-refractivity contribution >= 4 is 33.2 Å². The maximum atomic E-state index is 12.9. The zero-order chi connectivity index (χ0) is 22.1. The van der Waals surface area contributed by atoms with Crippen molar-refractivity contribution in [1.29, 1.82) is 0 Å². The molecule has 1 heterocycles. The van der Waals surface area contributed by atoms with E-state index in [9.17, 15) is 13.2 Å². The molecule has 0 aromatic heterocycles. The van der Waals surface area contributed by atoms with Crippen LogP contribution in [0.25, 0.3) is 0 Å². The van der Waals surface area contributed by atoms with Crippen LogP contribution in [-0.2, 0) is 14.8 Å². The first-order valence-electron chi connectivity index (χ1n) is 9.10. The molecule has 1 aliphatic rings. The van der Waals surface area contributed by atoms with Crippen LogP contribution in [0.4, 0.5) is 5.69 Å². The van der Waals surface area contributed by atoms with Gasteiger partial charge in [0, 0.05) is 5.02 Å². The molecule has 0 unspecified atom stereocenters. The summed E-state index contributed by atoms with van der Waals surface area (Å²) >= 11 is 6.00. The molecule has 1 N–H and O–H groups in total. The van der Waals surface area contributed by atoms with Gasteiger partial charge in [-0.1, -0.05) is 17.7 Å². The molecule has 0 bridgehead atoms. The van der Waals surface area contributed by atoms with Crippen molar-refractivity contribution in [3.05, 3.63) is 47.0 Å². The van der Waals surface area contributed by atoms with Crippen LogP contribution in [0.1, 0.15) is 18.5 Å². The normalized spacial score (nSPS) is 16.8. The van der Waals surface area contributed by atoms with Crippen molar-refractivity contribution < 1.29 is 27.4 Å². The minimum atomic E-state index is -3.64. The number of methoxy groups -OCH3 is 2. The fourth-order valence-corrected chi connectivity index (χ4v) is 4.26. The van der Waals surface area contributed by atoms with E-state index in [0.717, 1.165) is 16.1 Å². The van der Waals surface area contributed by atoms with E-state index in [0.29, 0.717) is 22.2 Å². The second-order valence-corrected chi connectivity index (χ2v) is 9.20. The Morgan fingerprint density at radius 3 is 2.53 bits per heavy atom. The molecule has 0 aliphatic carbocycles. The number of halogens is 1. The van der Waals surface area contributed by atoms with E-state index in [1.165, 1.54) is 13.2 Å². The van der Waals surface area contributed by atoms with Crippen LogP contribution in [0, 0.1) is 0 Å². The van der Waals surface area contributed by atoms with Crippen LogP contribution in [0.3, 0.4) is 0 Å². The molecule has 0 spiro atoms. The molecular weight excluding hydrogens is 432 g/mol. The molecular formula is C20H23ClN2O6S. The summed E-state index contributed by atoms with van der Waals surface area (Å²) in [5.41, 5.74) is 1.10. The Balaban J connectivity index is 1.81. The Morgan fingerprint density at radius 2 is 1.90 bits per heavy atom. The number of amides is 1. The van der Waals surface area contributed by atoms with E-state index in [1.54, 1.807) is 31.4 Å². The minimum absolute atomic E-state index is 0.156. The third-order valence-corrected chi connectivity index (χ3v) is 6.13. The Kier molecular flexibility index (Phi) is 6.33. The quantitative estimate of drug-likeness (QED) is 0.721. The highest BCUT2D eigenvalue weighted by Gasteiger charge is 2.35. The van der Waals surface area contributed by atoms with Gasteiger partial charge in [0.25, 0.3) is 5.91 Å². The van der Waals surface area contributed by atoms with Gasteiger partial charge in [-0.3, -0.25) is 9.10 Å². The summed E-state index contributed by atoms with van der Waals surface area (Å²) < 4.78 is 42.0. The van der Waals surface area contributed by atoms with E-state index in [1.807, 2.05) is 13.0 Å². The predicted octanol–water partition coefficient (Wildman–Crippen LogP) is 2.76. The number of hydrogen-bond donors (Lipinski definition) is 1. The summed E-state index contributed by atoms with van der Waals surface area (Å²) in [5, 5.41) is 3.23. The number of benzene rings is 2. The van der Waals surface area contributed by atoms with Crippen molar-refractivity contribution in [1.82, 2.24) is 5.32 Å². The molecule has 162 valence electrons. The highest BCUT2D eigenvalue weighted by Crippen LogP contribution is 2.37. The molecule has 0 radical (unpaired) electrons. The molecule has 8 nitrogen and oxygen atoms in total. The summed E-state index contributed by atoms with van der Waals surface area (Å²) in [6, 6.07) is 9.58. The number of anilines is 1. The van der Waals surface area contributed by atoms with Crippen molar-refractivity contribution in [2.24, 2.45) is 0 Å². The van der Waals surface area contributed by atoms with Gasteiger partial charge in [0.1, 0.15) is 5.75 Å². The average molecular weight is 455 g/mol. The third-order valence-electron chi connectivity index (χ3n) is 4.75. The second-order valence-electron chi connectivity index (χ2n) is 6.86. The van der Waals surface area contributed by atoms with E-state index >= 15 is 0 Å². The molecule has 1 aliphatic heterocycles. The van der Waals surface area contributed by atoms with E-state index in [4.69, 9.17) is 25.8 Å². The molecule has 0 fully saturated rings. The Morgan fingerprint density at radius 1 is 1.20 bits per heavy atom. The summed E-state index contributed by atoms with van der Waals surface area (Å²) in [5.74, 6) is 0.954. The molecule has 2 aromatic rings. The van der Waals surface area contributed by atoms with Crippen LogP contribution in [0.15, 0.2) is 36.4 Å². The fraction of sp³-hybridized carbons (Fsp3) is 0.350. The molecule has 2 atom stereocenters. The van der Waals surface area contributed by atoms with E-state index in [-0.39, 0.29) is 18.3 Å². The summed E-state index contributed by atoms with van der Waals surface area (Å²) in [7, 11) is -0.560. The van der Waals surface area contributed by atoms with Crippen LogP contribution >= 0.6 is 11.6 Å². The molecule has 0 saturated carbocycles. The number of carbonyl (C=O) groups excluding carboxylic acids is 1. The zero-order valence-electron chi connectivity index (χ0n) is 17.0. The maximum absolute atomic E-state index is 12.9. The average Bonchev–Trinajstić information content (AvgIpc) is 2.71. The lowest BCUT2D eigenvalue weighted by Gasteiger charge is -2.34. The maximum Gasteiger partial charge on any atom is 0.263 e. The number of hydrogen-bond acceptors (Lipinski definition) is 6. The van der Waals surface area contributed by atoms with Gasteiger partial charge in [-0.15, -0.1) is 0 Å². The number of nitrogens with one attached hydrogen (secondary N) is 1. The van der Waals surface area contributed by atoms with Gasteiger partial charge in [0.2, 0.25) is 10.0 Å². The van der Waals surface area contributed by atoms with Crippen molar-refractivity contribution in [3.63, 3.8) is 0 Å². The van der Waals surface area contributed by atoms with Gasteiger partial charge < -0.3 is 19.5 Å². The van der Waals surface area contributed by atoms with Gasteiger partial charge in [-0.2, -0.15) is 0 Å². The molecule has 1 amide bonds. The number of fused-ring (bicyclic) bond motifs is 1. The number of nitrogens with zero attached hydrogens (tertiary/aromatic N) is 1. The number of ether oxygens (including phenoxy) is 3. The van der Waals surface area contributed by atoms with Crippen molar-refractivity contribution in [3.8, 4) is 17.2 Å². The smallest absolute Gasteiger partial charge is 0.263 e. The minimum Gasteiger partial charge on any atom is -0.493 e. The number of sulfonamides is 1. The highest BCUT2D eigenvalue weighted by molar-refractivity contribution is 7.92. The molecule has 2 aromatic carbocycles. The van der Waals surface area contributed by atoms with Crippen molar-refractivity contribution in [2.75, 3.05) is 31.3 Å². The van der Waals surface area contributed by atoms with Gasteiger partial charge in [0.05, 0.1) is 38.7 Å². The Hall–Kier alpha value is -2.65. The standard InChI is InChI=1S/C20H23ClN2O6S/c1-12(13-5-7-17(27-2)18(9-13)28-3)22-20(24)19-11-23(30(4,25)26)15-10-14(21)6-8-16(15)29-19/h5-10,12,19H,11H2,1-4H3,(H,22,24)/t12-,19+/m1/s1. The van der Waals surface area contributed by atoms with Gasteiger partial charge in [0.15, 0.2) is 17.6 Å². The topological polar surface area (TPSA) is 94.2 Å². The second kappa shape index (κ2) is 8.61. The molecule has 3 rings (SSSR count). The van der Waals surface area contributed by atoms with Gasteiger partial charge in [-0.05, 0) is 42.8 Å². The largest absolute Gasteiger partial charge is 0.493 e. The first-order chi connectivity index (χ1) is 14.1. The van der Waals surface area contributed by atoms with Crippen LogP contribution < -0.4 is 23.8 Å². The summed E-state index contributed by atoms with van der Waals surface area (Å²) in [6.07, 6.45) is 0.0560. The summed E-state index contributed by atoms with van der Waals surface area (Å²) in [4.78, 5) is 12.9. The molecule has 30 heavy (non-hydrogen) atoms. The zero-order valence-corrected chi connectivity index (χ0v) is 18.6. The third kappa shape index (κ3) is 4.57. The van der Waals surface area contributed by atoms with E-state index in [2.05, 4.69) is 5.32 Å². The lowest BCUT2D eigenvalue weighted by Crippen LogP contribution is -2.50. The predicted molar refractivity (Wildman–Crippen MR) is 114 cm³/mol. The first-order valence-corrected chi connectivity index (χ1v) is 11.3. The monoisotopic (exact) mass is 454 g/mol. The SMILES string of the molecule is COc1ccc([C@@H](C)NC(=O)[C@@H]2CN(S(C)(=O)=O)c3cc(Cl)ccc3O2)cc1OC. The van der Waals surface area contributed by atoms with Gasteiger partial charge >= 0.3 is 0 Å². The molecule has 0 saturated heterocycles. The Bertz CT molecular complexity index is 1060. The van der Waals surface area contributed by atoms with Crippen LogP contribution in [-0.4, -0.2) is 47.4 Å². The van der Waals surface area contributed by atoms with Crippen molar-refractivity contribution in [2.45, 2.75) is 19.1 Å². The van der Waals surface area contributed by atoms with Crippen LogP contribution in [0.5, 0.6) is 17.2 Å². The van der Waals surface area contributed by atoms with Gasteiger partial charge in [-0.25, -0.2) is 8.42 Å². The fourth-order valence-electron chi connectivity index (χ4n) is 3.19. The summed E-state index contributed by atoms with van der Waals surface area (Å²) in [6.45, 7) is 1.65. The lowest BCUT2D eigenvalue weighted by molar-refractivity contribution is -0.128. The number of rotatable bonds is 6. The molecule has 10 heteroatoms. The highest BCUT2D eigenvalue weighted by atomic mass is 35.5. The van der Waals surface area contributed by atoms with Crippen LogP contribution in [0.2, 0.25) is 5.02 Å². The van der Waals surface area contributed by atoms with E-state index < -0.39 is 22.0 Å². The lowest BCUT2D eigenvalue weighted by atomic mass is 10.1. The first kappa shape index (κ1) is 22.0. The Labute approximate surface area is 180 Å².